The summed E-state index contributed by atoms with van der Waals surface area (Å²) in [6, 6.07) is 6.13. The van der Waals surface area contributed by atoms with Crippen molar-refractivity contribution in [2.75, 3.05) is 37.4 Å². The van der Waals surface area contributed by atoms with E-state index in [9.17, 15) is 14.5 Å². The van der Waals surface area contributed by atoms with Gasteiger partial charge >= 0.3 is 5.69 Å². The van der Waals surface area contributed by atoms with Crippen LogP contribution in [0.4, 0.5) is 27.4 Å². The Morgan fingerprint density at radius 2 is 2.00 bits per heavy atom. The van der Waals surface area contributed by atoms with Crippen molar-refractivity contribution in [1.29, 1.82) is 0 Å². The first kappa shape index (κ1) is 18.0. The van der Waals surface area contributed by atoms with Crippen LogP contribution in [0.1, 0.15) is 12.8 Å². The second kappa shape index (κ2) is 7.61. The van der Waals surface area contributed by atoms with Crippen LogP contribution in [0.3, 0.4) is 0 Å². The minimum Gasteiger partial charge on any atom is -0.351 e. The molecular weight excluding hydrogens is 339 g/mol. The van der Waals surface area contributed by atoms with E-state index in [2.05, 4.69) is 27.2 Å². The average molecular weight is 360 g/mol. The summed E-state index contributed by atoms with van der Waals surface area (Å²) in [5, 5.41) is 14.4. The second-order valence-corrected chi connectivity index (χ2v) is 6.40. The molecular formula is C17H21FN6O2. The molecule has 0 spiro atoms. The lowest BCUT2D eigenvalue weighted by Gasteiger charge is -2.35. The lowest BCUT2D eigenvalue weighted by Crippen LogP contribution is -2.42. The van der Waals surface area contributed by atoms with Crippen LogP contribution >= 0.6 is 0 Å². The number of nitro groups is 1. The van der Waals surface area contributed by atoms with E-state index in [0.717, 1.165) is 25.9 Å². The molecule has 3 rings (SSSR count). The van der Waals surface area contributed by atoms with Crippen molar-refractivity contribution < 1.29 is 9.31 Å². The van der Waals surface area contributed by atoms with Gasteiger partial charge in [-0.15, -0.1) is 0 Å². The standard InChI is InChI=1S/C17H21FN6O2/c1-22-9-7-12(8-10-22)23(2)17-15(24(25)26)16(19-11-20-17)21-14-6-4-3-5-13(14)18/h3-6,11-12H,7-10H2,1-2H3,(H,19,20,21). The third kappa shape index (κ3) is 3.72. The number of rotatable bonds is 5. The van der Waals surface area contributed by atoms with Gasteiger partial charge in [0.2, 0.25) is 11.6 Å². The van der Waals surface area contributed by atoms with Crippen LogP contribution in [-0.4, -0.2) is 53.0 Å². The zero-order valence-electron chi connectivity index (χ0n) is 14.7. The Bertz CT molecular complexity index is 795. The summed E-state index contributed by atoms with van der Waals surface area (Å²) in [6.45, 7) is 1.85. The first-order valence-electron chi connectivity index (χ1n) is 8.39. The lowest BCUT2D eigenvalue weighted by atomic mass is 10.0. The summed E-state index contributed by atoms with van der Waals surface area (Å²) < 4.78 is 13.9. The third-order valence-electron chi connectivity index (χ3n) is 4.68. The van der Waals surface area contributed by atoms with Gasteiger partial charge in [-0.05, 0) is 45.1 Å². The normalized spacial score (nSPS) is 15.7. The predicted octanol–water partition coefficient (Wildman–Crippen LogP) is 2.80. The van der Waals surface area contributed by atoms with Gasteiger partial charge in [0.1, 0.15) is 12.1 Å². The average Bonchev–Trinajstić information content (AvgIpc) is 2.63. The van der Waals surface area contributed by atoms with Gasteiger partial charge in [0.15, 0.2) is 0 Å². The van der Waals surface area contributed by atoms with Gasteiger partial charge in [-0.2, -0.15) is 0 Å². The highest BCUT2D eigenvalue weighted by Gasteiger charge is 2.30. The highest BCUT2D eigenvalue weighted by atomic mass is 19.1. The van der Waals surface area contributed by atoms with Gasteiger partial charge in [0.05, 0.1) is 10.6 Å². The Hall–Kier alpha value is -2.81. The molecule has 2 heterocycles. The number of nitrogens with one attached hydrogen (secondary N) is 1. The summed E-state index contributed by atoms with van der Waals surface area (Å²) in [5.74, 6) is -0.297. The van der Waals surface area contributed by atoms with Crippen molar-refractivity contribution in [2.24, 2.45) is 0 Å². The number of halogens is 1. The van der Waals surface area contributed by atoms with Crippen LogP contribution < -0.4 is 10.2 Å². The molecule has 0 bridgehead atoms. The highest BCUT2D eigenvalue weighted by Crippen LogP contribution is 2.35. The summed E-state index contributed by atoms with van der Waals surface area (Å²) in [5.41, 5.74) is -0.126. The Kier molecular flexibility index (Phi) is 5.27. The molecule has 0 unspecified atom stereocenters. The predicted molar refractivity (Wildman–Crippen MR) is 97.3 cm³/mol. The number of para-hydroxylation sites is 1. The number of anilines is 3. The Morgan fingerprint density at radius 3 is 2.65 bits per heavy atom. The van der Waals surface area contributed by atoms with Crippen LogP contribution in [0.25, 0.3) is 0 Å². The second-order valence-electron chi connectivity index (χ2n) is 6.40. The highest BCUT2D eigenvalue weighted by molar-refractivity contribution is 5.74. The Morgan fingerprint density at radius 1 is 1.31 bits per heavy atom. The summed E-state index contributed by atoms with van der Waals surface area (Å²) >= 11 is 0. The van der Waals surface area contributed by atoms with Crippen molar-refractivity contribution in [3.8, 4) is 0 Å². The van der Waals surface area contributed by atoms with Crippen LogP contribution in [0.15, 0.2) is 30.6 Å². The van der Waals surface area contributed by atoms with E-state index in [-0.39, 0.29) is 29.1 Å². The topological polar surface area (TPSA) is 87.4 Å². The molecule has 1 aliphatic heterocycles. The van der Waals surface area contributed by atoms with Gasteiger partial charge in [-0.1, -0.05) is 12.1 Å². The molecule has 138 valence electrons. The number of aromatic nitrogens is 2. The fourth-order valence-corrected chi connectivity index (χ4v) is 3.13. The smallest absolute Gasteiger partial charge is 0.351 e. The molecule has 1 aliphatic rings. The Balaban J connectivity index is 1.93. The summed E-state index contributed by atoms with van der Waals surface area (Å²) in [6.07, 6.45) is 3.05. The maximum Gasteiger partial charge on any atom is 0.353 e. The van der Waals surface area contributed by atoms with E-state index in [4.69, 9.17) is 0 Å². The van der Waals surface area contributed by atoms with Gasteiger partial charge in [-0.25, -0.2) is 14.4 Å². The minimum atomic E-state index is -0.524. The molecule has 8 nitrogen and oxygen atoms in total. The number of benzene rings is 1. The minimum absolute atomic E-state index is 0.0233. The van der Waals surface area contributed by atoms with Crippen LogP contribution in [-0.2, 0) is 0 Å². The van der Waals surface area contributed by atoms with E-state index in [1.165, 1.54) is 18.5 Å². The van der Waals surface area contributed by atoms with Crippen LogP contribution in [0.2, 0.25) is 0 Å². The maximum absolute atomic E-state index is 13.9. The molecule has 1 saturated heterocycles. The molecule has 0 amide bonds. The van der Waals surface area contributed by atoms with E-state index in [1.54, 1.807) is 19.2 Å². The number of likely N-dealkylation sites (tertiary alicyclic amines) is 1. The SMILES string of the molecule is CN1CCC(N(C)c2ncnc(Nc3ccccc3F)c2[N+](=O)[O-])CC1. The largest absolute Gasteiger partial charge is 0.353 e. The molecule has 0 saturated carbocycles. The molecule has 9 heteroatoms. The summed E-state index contributed by atoms with van der Waals surface area (Å²) in [4.78, 5) is 23.4. The monoisotopic (exact) mass is 360 g/mol. The van der Waals surface area contributed by atoms with Crippen molar-refractivity contribution in [1.82, 2.24) is 14.9 Å². The molecule has 0 radical (unpaired) electrons. The van der Waals surface area contributed by atoms with E-state index in [0.29, 0.717) is 0 Å². The van der Waals surface area contributed by atoms with Gasteiger partial charge < -0.3 is 15.1 Å². The first-order valence-corrected chi connectivity index (χ1v) is 8.39. The van der Waals surface area contributed by atoms with Gasteiger partial charge in [-0.3, -0.25) is 10.1 Å². The van der Waals surface area contributed by atoms with Gasteiger partial charge in [0, 0.05) is 13.1 Å². The van der Waals surface area contributed by atoms with Crippen LogP contribution in [0.5, 0.6) is 0 Å². The van der Waals surface area contributed by atoms with Crippen molar-refractivity contribution >= 4 is 23.0 Å². The molecule has 1 fully saturated rings. The molecule has 0 aliphatic carbocycles. The number of hydrogen-bond donors (Lipinski definition) is 1. The lowest BCUT2D eigenvalue weighted by molar-refractivity contribution is -0.383. The summed E-state index contributed by atoms with van der Waals surface area (Å²) in [7, 11) is 3.86. The Labute approximate surface area is 150 Å². The van der Waals surface area contributed by atoms with Crippen molar-refractivity contribution in [3.05, 3.63) is 46.5 Å². The molecule has 1 aromatic carbocycles. The quantitative estimate of drug-likeness (QED) is 0.648. The fourth-order valence-electron chi connectivity index (χ4n) is 3.13. The molecule has 2 aromatic rings. The molecule has 0 atom stereocenters. The van der Waals surface area contributed by atoms with Gasteiger partial charge in [0.25, 0.3) is 0 Å². The maximum atomic E-state index is 13.9. The zero-order chi connectivity index (χ0) is 18.7. The number of hydrogen-bond acceptors (Lipinski definition) is 7. The van der Waals surface area contributed by atoms with E-state index >= 15 is 0 Å². The van der Waals surface area contributed by atoms with Crippen LogP contribution in [0, 0.1) is 15.9 Å². The third-order valence-corrected chi connectivity index (χ3v) is 4.68. The van der Waals surface area contributed by atoms with Crippen molar-refractivity contribution in [3.63, 3.8) is 0 Å². The van der Waals surface area contributed by atoms with E-state index < -0.39 is 10.7 Å². The number of piperidine rings is 1. The van der Waals surface area contributed by atoms with Crippen molar-refractivity contribution in [2.45, 2.75) is 18.9 Å². The molecule has 26 heavy (non-hydrogen) atoms. The number of nitrogens with zero attached hydrogens (tertiary/aromatic N) is 5. The zero-order valence-corrected chi connectivity index (χ0v) is 14.7. The van der Waals surface area contributed by atoms with E-state index in [1.807, 2.05) is 4.90 Å². The molecule has 1 aromatic heterocycles. The first-order chi connectivity index (χ1) is 12.5. The molecule has 1 N–H and O–H groups in total. The fraction of sp³-hybridized carbons (Fsp3) is 0.412.